The molecule has 0 N–H and O–H groups in total. The van der Waals surface area contributed by atoms with Crippen LogP contribution in [0.25, 0.3) is 22.3 Å². The molecule has 1 amide bonds. The molecular formula is C21H16FN5O. The third-order valence-corrected chi connectivity index (χ3v) is 4.99. The van der Waals surface area contributed by atoms with Crippen LogP contribution in [0.1, 0.15) is 16.2 Å². The Bertz CT molecular complexity index is 1190. The first kappa shape index (κ1) is 16.6. The van der Waals surface area contributed by atoms with Crippen LogP contribution in [-0.4, -0.2) is 37.1 Å². The maximum absolute atomic E-state index is 13.1. The summed E-state index contributed by atoms with van der Waals surface area (Å²) in [6, 6.07) is 15.6. The van der Waals surface area contributed by atoms with E-state index in [2.05, 4.69) is 15.2 Å². The highest BCUT2D eigenvalue weighted by Crippen LogP contribution is 2.24. The van der Waals surface area contributed by atoms with Gasteiger partial charge in [-0.3, -0.25) is 9.78 Å². The number of amides is 1. The molecule has 0 bridgehead atoms. The zero-order valence-electron chi connectivity index (χ0n) is 14.9. The second-order valence-electron chi connectivity index (χ2n) is 6.74. The average Bonchev–Trinajstić information content (AvgIpc) is 3.16. The largest absolute Gasteiger partial charge is 0.329 e. The van der Waals surface area contributed by atoms with Gasteiger partial charge in [0.1, 0.15) is 11.5 Å². The molecule has 28 heavy (non-hydrogen) atoms. The molecule has 5 rings (SSSR count). The summed E-state index contributed by atoms with van der Waals surface area (Å²) < 4.78 is 15.1. The lowest BCUT2D eigenvalue weighted by atomic mass is 10.1. The molecule has 1 aliphatic rings. The molecule has 0 spiro atoms. The summed E-state index contributed by atoms with van der Waals surface area (Å²) in [4.78, 5) is 18.9. The van der Waals surface area contributed by atoms with Gasteiger partial charge in [-0.1, -0.05) is 24.3 Å². The standard InChI is InChI=1S/C21H16FN5O/c22-17-7-5-14(6-8-17)21(28)26-9-10-27-19(13-26)24-25-20(27)18-11-15-3-1-2-4-16(15)12-23-18/h1-8,11-12H,9-10,13H2. The monoisotopic (exact) mass is 373 g/mol. The van der Waals surface area contributed by atoms with Gasteiger partial charge in [0.05, 0.1) is 6.54 Å². The first-order chi connectivity index (χ1) is 13.7. The van der Waals surface area contributed by atoms with Crippen molar-refractivity contribution in [3.8, 4) is 11.5 Å². The number of hydrogen-bond donors (Lipinski definition) is 0. The van der Waals surface area contributed by atoms with Gasteiger partial charge >= 0.3 is 0 Å². The van der Waals surface area contributed by atoms with Gasteiger partial charge in [-0.2, -0.15) is 0 Å². The lowest BCUT2D eigenvalue weighted by molar-refractivity contribution is 0.0708. The Hall–Kier alpha value is -3.61. The summed E-state index contributed by atoms with van der Waals surface area (Å²) in [5.74, 6) is 0.920. The smallest absolute Gasteiger partial charge is 0.254 e. The molecule has 2 aromatic carbocycles. The lowest BCUT2D eigenvalue weighted by Gasteiger charge is -2.27. The molecule has 1 aliphatic heterocycles. The van der Waals surface area contributed by atoms with E-state index < -0.39 is 0 Å². The van der Waals surface area contributed by atoms with Gasteiger partial charge in [-0.15, -0.1) is 10.2 Å². The van der Waals surface area contributed by atoms with Crippen molar-refractivity contribution in [1.82, 2.24) is 24.6 Å². The van der Waals surface area contributed by atoms with Gasteiger partial charge in [-0.05, 0) is 35.7 Å². The zero-order chi connectivity index (χ0) is 19.1. The third-order valence-electron chi connectivity index (χ3n) is 4.99. The average molecular weight is 373 g/mol. The van der Waals surface area contributed by atoms with Crippen molar-refractivity contribution in [3.05, 3.63) is 78.0 Å². The topological polar surface area (TPSA) is 63.9 Å². The van der Waals surface area contributed by atoms with Crippen LogP contribution in [0.3, 0.4) is 0 Å². The zero-order valence-corrected chi connectivity index (χ0v) is 14.9. The van der Waals surface area contributed by atoms with E-state index in [0.29, 0.717) is 36.8 Å². The Morgan fingerprint density at radius 1 is 0.964 bits per heavy atom. The number of halogens is 1. The molecule has 138 valence electrons. The second kappa shape index (κ2) is 6.53. The minimum Gasteiger partial charge on any atom is -0.329 e. The van der Waals surface area contributed by atoms with Crippen molar-refractivity contribution >= 4 is 16.7 Å². The van der Waals surface area contributed by atoms with Crippen LogP contribution >= 0.6 is 0 Å². The van der Waals surface area contributed by atoms with Gasteiger partial charge in [0.25, 0.3) is 5.91 Å². The highest BCUT2D eigenvalue weighted by Gasteiger charge is 2.26. The van der Waals surface area contributed by atoms with Crippen LogP contribution in [0.2, 0.25) is 0 Å². The molecule has 0 saturated carbocycles. The normalized spacial score (nSPS) is 13.5. The number of rotatable bonds is 2. The molecule has 0 radical (unpaired) electrons. The summed E-state index contributed by atoms with van der Waals surface area (Å²) in [5, 5.41) is 10.8. The van der Waals surface area contributed by atoms with Gasteiger partial charge in [0, 0.05) is 30.2 Å². The van der Waals surface area contributed by atoms with E-state index in [9.17, 15) is 9.18 Å². The van der Waals surface area contributed by atoms with Crippen LogP contribution < -0.4 is 0 Å². The summed E-state index contributed by atoms with van der Waals surface area (Å²) >= 11 is 0. The van der Waals surface area contributed by atoms with Crippen LogP contribution in [0.4, 0.5) is 4.39 Å². The summed E-state index contributed by atoms with van der Waals surface area (Å²) in [6.45, 7) is 1.47. The maximum Gasteiger partial charge on any atom is 0.254 e. The van der Waals surface area contributed by atoms with Gasteiger partial charge in [0.15, 0.2) is 11.6 Å². The molecular weight excluding hydrogens is 357 g/mol. The quantitative estimate of drug-likeness (QED) is 0.541. The molecule has 0 saturated heterocycles. The van der Waals surface area contributed by atoms with E-state index in [1.54, 1.807) is 4.90 Å². The Morgan fingerprint density at radius 3 is 2.57 bits per heavy atom. The molecule has 2 aromatic heterocycles. The Kier molecular flexibility index (Phi) is 3.86. The van der Waals surface area contributed by atoms with Crippen molar-refractivity contribution in [3.63, 3.8) is 0 Å². The van der Waals surface area contributed by atoms with E-state index in [1.165, 1.54) is 24.3 Å². The number of pyridine rings is 1. The first-order valence-corrected chi connectivity index (χ1v) is 9.01. The number of benzene rings is 2. The minimum atomic E-state index is -0.359. The van der Waals surface area contributed by atoms with Crippen molar-refractivity contribution in [2.24, 2.45) is 0 Å². The number of nitrogens with zero attached hydrogens (tertiary/aromatic N) is 5. The lowest BCUT2D eigenvalue weighted by Crippen LogP contribution is -2.38. The van der Waals surface area contributed by atoms with Crippen LogP contribution in [0.5, 0.6) is 0 Å². The number of carbonyl (C=O) groups excluding carboxylic acids is 1. The minimum absolute atomic E-state index is 0.139. The van der Waals surface area contributed by atoms with Crippen molar-refractivity contribution < 1.29 is 9.18 Å². The predicted molar refractivity (Wildman–Crippen MR) is 102 cm³/mol. The van der Waals surface area contributed by atoms with E-state index in [0.717, 1.165) is 16.5 Å². The fourth-order valence-corrected chi connectivity index (χ4v) is 3.50. The fourth-order valence-electron chi connectivity index (χ4n) is 3.50. The van der Waals surface area contributed by atoms with Crippen LogP contribution in [0, 0.1) is 5.82 Å². The molecule has 3 heterocycles. The van der Waals surface area contributed by atoms with E-state index in [1.807, 2.05) is 41.1 Å². The van der Waals surface area contributed by atoms with Crippen molar-refractivity contribution in [1.29, 1.82) is 0 Å². The SMILES string of the molecule is O=C(c1ccc(F)cc1)N1CCn2c(nnc2-c2cc3ccccc3cn2)C1. The summed E-state index contributed by atoms with van der Waals surface area (Å²) in [6.07, 6.45) is 1.83. The van der Waals surface area contributed by atoms with E-state index in [4.69, 9.17) is 0 Å². The van der Waals surface area contributed by atoms with Gasteiger partial charge < -0.3 is 9.47 Å². The molecule has 0 unspecified atom stereocenters. The van der Waals surface area contributed by atoms with Crippen LogP contribution in [0.15, 0.2) is 60.8 Å². The number of hydrogen-bond acceptors (Lipinski definition) is 4. The Labute approximate surface area is 160 Å². The molecule has 4 aromatic rings. The predicted octanol–water partition coefficient (Wildman–Crippen LogP) is 3.29. The molecule has 0 aliphatic carbocycles. The number of fused-ring (bicyclic) bond motifs is 2. The number of carbonyl (C=O) groups is 1. The molecule has 7 heteroatoms. The van der Waals surface area contributed by atoms with E-state index in [-0.39, 0.29) is 11.7 Å². The van der Waals surface area contributed by atoms with E-state index >= 15 is 0 Å². The highest BCUT2D eigenvalue weighted by molar-refractivity contribution is 5.94. The molecule has 0 atom stereocenters. The molecule has 0 fully saturated rings. The van der Waals surface area contributed by atoms with Crippen molar-refractivity contribution in [2.45, 2.75) is 13.1 Å². The highest BCUT2D eigenvalue weighted by atomic mass is 19.1. The summed E-state index contributed by atoms with van der Waals surface area (Å²) in [5.41, 5.74) is 1.22. The van der Waals surface area contributed by atoms with Crippen molar-refractivity contribution in [2.75, 3.05) is 6.54 Å². The van der Waals surface area contributed by atoms with Crippen LogP contribution in [-0.2, 0) is 13.1 Å². The second-order valence-corrected chi connectivity index (χ2v) is 6.74. The van der Waals surface area contributed by atoms with Gasteiger partial charge in [-0.25, -0.2) is 4.39 Å². The summed E-state index contributed by atoms with van der Waals surface area (Å²) in [7, 11) is 0. The fraction of sp³-hybridized carbons (Fsp3) is 0.143. The third kappa shape index (κ3) is 2.81. The maximum atomic E-state index is 13.1. The molecule has 6 nitrogen and oxygen atoms in total. The Balaban J connectivity index is 1.43. The first-order valence-electron chi connectivity index (χ1n) is 9.01. The number of aromatic nitrogens is 4. The Morgan fingerprint density at radius 2 is 1.75 bits per heavy atom. The van der Waals surface area contributed by atoms with Gasteiger partial charge in [0.2, 0.25) is 0 Å².